The fraction of sp³-hybridized carbons (Fsp3) is 0.421. The Morgan fingerprint density at radius 1 is 1.00 bits per heavy atom. The Hall–Kier alpha value is -3.86. The number of rotatable bonds is 14. The summed E-state index contributed by atoms with van der Waals surface area (Å²) in [6, 6.07) is 16.2. The fourth-order valence-electron chi connectivity index (χ4n) is 5.76. The van der Waals surface area contributed by atoms with Gasteiger partial charge >= 0.3 is 0 Å². The summed E-state index contributed by atoms with van der Waals surface area (Å²) in [6.07, 6.45) is 8.26. The molecule has 1 atom stereocenters. The van der Waals surface area contributed by atoms with E-state index in [9.17, 15) is 20.1 Å². The van der Waals surface area contributed by atoms with Crippen molar-refractivity contribution in [3.63, 3.8) is 0 Å². The number of hydrogen-bond donors (Lipinski definition) is 6. The lowest BCUT2D eigenvalue weighted by molar-refractivity contribution is -0.110. The zero-order chi connectivity index (χ0) is 35.6. The summed E-state index contributed by atoms with van der Waals surface area (Å²) in [5, 5.41) is 32.0. The minimum atomic E-state index is -0.346. The van der Waals surface area contributed by atoms with Gasteiger partial charge in [-0.05, 0) is 104 Å². The number of hydrazine groups is 1. The van der Waals surface area contributed by atoms with Gasteiger partial charge in [0.25, 0.3) is 0 Å². The summed E-state index contributed by atoms with van der Waals surface area (Å²) in [6.45, 7) is 14.8. The number of aliphatic hydroxyl groups is 2. The maximum absolute atomic E-state index is 10.9. The largest absolute Gasteiger partial charge is 0.508 e. The highest BCUT2D eigenvalue weighted by molar-refractivity contribution is 5.95. The molecule has 0 fully saturated rings. The second kappa shape index (κ2) is 21.1. The van der Waals surface area contributed by atoms with E-state index < -0.39 is 0 Å². The molecule has 0 saturated carbocycles. The maximum atomic E-state index is 10.9. The second-order valence-electron chi connectivity index (χ2n) is 12.1. The molecule has 0 bridgehead atoms. The van der Waals surface area contributed by atoms with E-state index >= 15 is 0 Å². The molecule has 2 heterocycles. The molecule has 0 saturated heterocycles. The number of benzene rings is 2. The van der Waals surface area contributed by atoms with Crippen LogP contribution < -0.4 is 17.4 Å². The van der Waals surface area contributed by atoms with Gasteiger partial charge in [-0.2, -0.15) is 0 Å². The number of phenols is 1. The highest BCUT2D eigenvalue weighted by atomic mass is 16.3. The van der Waals surface area contributed by atoms with Crippen LogP contribution in [0, 0.1) is 11.3 Å². The molecular weight excluding hydrogens is 590 g/mol. The van der Waals surface area contributed by atoms with E-state index in [2.05, 4.69) is 85.2 Å². The normalized spacial score (nSPS) is 11.4. The van der Waals surface area contributed by atoms with E-state index in [0.29, 0.717) is 12.1 Å². The van der Waals surface area contributed by atoms with Gasteiger partial charge in [-0.3, -0.25) is 16.7 Å². The number of pyridine rings is 1. The predicted molar refractivity (Wildman–Crippen MR) is 196 cm³/mol. The first kappa shape index (κ1) is 41.2. The molecule has 9 nitrogen and oxygen atoms in total. The Morgan fingerprint density at radius 3 is 2.32 bits per heavy atom. The van der Waals surface area contributed by atoms with Crippen molar-refractivity contribution in [2.75, 3.05) is 13.7 Å². The second-order valence-corrected chi connectivity index (χ2v) is 12.1. The van der Waals surface area contributed by atoms with Crippen LogP contribution in [-0.4, -0.2) is 44.8 Å². The van der Waals surface area contributed by atoms with Crippen LogP contribution in [-0.2, 0) is 30.8 Å². The number of phenolic OH excluding ortho intramolecular Hbond substituents is 1. The van der Waals surface area contributed by atoms with Crippen molar-refractivity contribution < 1.29 is 20.1 Å². The zero-order valence-corrected chi connectivity index (χ0v) is 29.0. The van der Waals surface area contributed by atoms with Gasteiger partial charge in [-0.25, -0.2) is 0 Å². The quantitative estimate of drug-likeness (QED) is 0.0305. The smallest absolute Gasteiger partial charge is 0.122 e. The average Bonchev–Trinajstić information content (AvgIpc) is 3.41. The summed E-state index contributed by atoms with van der Waals surface area (Å²) in [5.74, 6) is 8.37. The number of aryl methyl sites for hydroxylation is 2. The fourth-order valence-corrected chi connectivity index (χ4v) is 5.76. The van der Waals surface area contributed by atoms with Crippen LogP contribution in [0.3, 0.4) is 0 Å². The summed E-state index contributed by atoms with van der Waals surface area (Å²) in [7, 11) is 1.50. The van der Waals surface area contributed by atoms with E-state index in [1.165, 1.54) is 7.05 Å². The molecule has 0 aliphatic rings. The number of aromatic nitrogens is 2. The molecule has 0 spiro atoms. The van der Waals surface area contributed by atoms with Crippen molar-refractivity contribution in [3.8, 4) is 28.1 Å². The lowest BCUT2D eigenvalue weighted by Gasteiger charge is -2.23. The van der Waals surface area contributed by atoms with Gasteiger partial charge in [0, 0.05) is 41.7 Å². The number of fused-ring (bicyclic) bond motifs is 1. The van der Waals surface area contributed by atoms with Gasteiger partial charge in [0.15, 0.2) is 0 Å². The maximum Gasteiger partial charge on any atom is 0.122 e. The molecule has 1 unspecified atom stereocenters. The van der Waals surface area contributed by atoms with E-state index in [1.807, 2.05) is 31.2 Å². The number of aldehydes is 1. The van der Waals surface area contributed by atoms with E-state index in [1.54, 1.807) is 6.20 Å². The van der Waals surface area contributed by atoms with Crippen molar-refractivity contribution in [2.24, 2.45) is 28.8 Å². The molecule has 9 N–H and O–H groups in total. The van der Waals surface area contributed by atoms with Crippen LogP contribution in [0.4, 0.5) is 0 Å². The number of aromatic hydroxyl groups is 1. The minimum Gasteiger partial charge on any atom is -0.508 e. The standard InChI is InChI=1S/C35H44N2O4.C2H4.CH5N.H4N2/c1-5-37-33-14-13-26(27-16-25(17-28(41)18-27)11-8-6-7-10-24(2)21-38)19-30(33)31(20-35(3,4)23-40)34(37)29-12-9-15-36-32(29)22-39;3*1-2/h9,12-19,21,24,39-41H,5-8,10-11,20,22-23H2,1-4H3;1-2H2;2H2,1H3;1-2H2. The lowest BCUT2D eigenvalue weighted by atomic mass is 9.84. The molecule has 258 valence electrons. The number of nitrogens with zero attached hydrogens (tertiary/aromatic N) is 2. The highest BCUT2D eigenvalue weighted by Gasteiger charge is 2.26. The van der Waals surface area contributed by atoms with E-state index in [-0.39, 0.29) is 30.3 Å². The predicted octanol–water partition coefficient (Wildman–Crippen LogP) is 6.28. The summed E-state index contributed by atoms with van der Waals surface area (Å²) in [5.41, 5.74) is 12.0. The summed E-state index contributed by atoms with van der Waals surface area (Å²) < 4.78 is 2.28. The molecular formula is C38H57N5O4. The third-order valence-corrected chi connectivity index (χ3v) is 8.03. The van der Waals surface area contributed by atoms with Crippen LogP contribution in [0.1, 0.15) is 70.2 Å². The SMILES string of the molecule is C=C.CCn1c(-c2cccnc2CO)c(CC(C)(C)CO)c2cc(-c3cc(O)cc(CCCCCC(C)C=O)c3)ccc21.CN.NN. The zero-order valence-electron chi connectivity index (χ0n) is 29.0. The van der Waals surface area contributed by atoms with Crippen LogP contribution in [0.5, 0.6) is 5.75 Å². The number of carbonyl (C=O) groups excluding carboxylic acids is 1. The molecule has 2 aromatic carbocycles. The molecule has 4 aromatic rings. The first-order chi connectivity index (χ1) is 22.7. The van der Waals surface area contributed by atoms with Gasteiger partial charge in [0.2, 0.25) is 0 Å². The molecule has 4 rings (SSSR count). The highest BCUT2D eigenvalue weighted by Crippen LogP contribution is 2.40. The van der Waals surface area contributed by atoms with Crippen LogP contribution in [0.2, 0.25) is 0 Å². The Kier molecular flexibility index (Phi) is 18.5. The number of unbranched alkanes of at least 4 members (excludes halogenated alkanes) is 2. The monoisotopic (exact) mass is 647 g/mol. The molecule has 2 aromatic heterocycles. The van der Waals surface area contributed by atoms with Crippen molar-refractivity contribution >= 4 is 17.2 Å². The van der Waals surface area contributed by atoms with Gasteiger partial charge in [0.05, 0.1) is 18.0 Å². The van der Waals surface area contributed by atoms with Crippen molar-refractivity contribution in [1.29, 1.82) is 0 Å². The Labute approximate surface area is 281 Å². The topological polar surface area (TPSA) is 174 Å². The third kappa shape index (κ3) is 11.1. The Balaban J connectivity index is 0.00000174. The molecule has 47 heavy (non-hydrogen) atoms. The summed E-state index contributed by atoms with van der Waals surface area (Å²) >= 11 is 0. The van der Waals surface area contributed by atoms with E-state index in [0.717, 1.165) is 89.3 Å². The third-order valence-electron chi connectivity index (χ3n) is 8.03. The number of nitrogens with two attached hydrogens (primary N) is 3. The summed E-state index contributed by atoms with van der Waals surface area (Å²) in [4.78, 5) is 15.3. The van der Waals surface area contributed by atoms with Gasteiger partial charge in [-0.15, -0.1) is 13.2 Å². The Bertz CT molecular complexity index is 1520. The van der Waals surface area contributed by atoms with Gasteiger partial charge < -0.3 is 30.4 Å². The van der Waals surface area contributed by atoms with Gasteiger partial charge in [-0.1, -0.05) is 45.7 Å². The molecule has 0 amide bonds. The number of hydrogen-bond acceptors (Lipinski definition) is 8. The molecule has 0 radical (unpaired) electrons. The number of aliphatic hydroxyl groups excluding tert-OH is 2. The van der Waals surface area contributed by atoms with Crippen LogP contribution in [0.15, 0.2) is 67.9 Å². The van der Waals surface area contributed by atoms with Gasteiger partial charge in [0.1, 0.15) is 12.0 Å². The van der Waals surface area contributed by atoms with Crippen molar-refractivity contribution in [1.82, 2.24) is 9.55 Å². The Morgan fingerprint density at radius 2 is 1.70 bits per heavy atom. The molecule has 0 aliphatic carbocycles. The minimum absolute atomic E-state index is 0.0504. The lowest BCUT2D eigenvalue weighted by Crippen LogP contribution is -2.20. The molecule has 0 aliphatic heterocycles. The van der Waals surface area contributed by atoms with Crippen molar-refractivity contribution in [3.05, 3.63) is 84.7 Å². The van der Waals surface area contributed by atoms with E-state index in [4.69, 9.17) is 0 Å². The average molecular weight is 648 g/mol. The number of carbonyl (C=O) groups is 1. The van der Waals surface area contributed by atoms with Crippen molar-refractivity contribution in [2.45, 2.75) is 79.4 Å². The first-order valence-corrected chi connectivity index (χ1v) is 16.2. The van der Waals surface area contributed by atoms with Crippen LogP contribution >= 0.6 is 0 Å². The van der Waals surface area contributed by atoms with Crippen LogP contribution in [0.25, 0.3) is 33.3 Å². The first-order valence-electron chi connectivity index (χ1n) is 16.2. The molecule has 9 heteroatoms.